The molecule has 7 rings (SSSR count). The highest BCUT2D eigenvalue weighted by molar-refractivity contribution is 5.81. The molecule has 0 aliphatic carbocycles. The molecule has 162 valence electrons. The SMILES string of the molecule is Cc1cc(-n2c(-c3ccc(F)cc3F)nc3ccc(N4CC5CCC4CN5)nc32)ccn1. The zero-order valence-corrected chi connectivity index (χ0v) is 17.6. The maximum absolute atomic E-state index is 14.8. The Kier molecular flexibility index (Phi) is 4.43. The number of piperazine rings is 1. The summed E-state index contributed by atoms with van der Waals surface area (Å²) in [6.45, 7) is 3.78. The van der Waals surface area contributed by atoms with Crippen LogP contribution in [-0.2, 0) is 0 Å². The molecule has 2 bridgehead atoms. The van der Waals surface area contributed by atoms with Gasteiger partial charge < -0.3 is 10.2 Å². The van der Waals surface area contributed by atoms with Gasteiger partial charge in [0.05, 0.1) is 11.3 Å². The van der Waals surface area contributed by atoms with Crippen LogP contribution < -0.4 is 10.2 Å². The van der Waals surface area contributed by atoms with E-state index in [9.17, 15) is 8.78 Å². The predicted molar refractivity (Wildman–Crippen MR) is 119 cm³/mol. The summed E-state index contributed by atoms with van der Waals surface area (Å²) >= 11 is 0. The summed E-state index contributed by atoms with van der Waals surface area (Å²) in [5.41, 5.74) is 3.13. The molecule has 0 amide bonds. The Labute approximate surface area is 183 Å². The van der Waals surface area contributed by atoms with E-state index in [1.165, 1.54) is 18.6 Å². The number of nitrogens with zero attached hydrogens (tertiary/aromatic N) is 5. The maximum atomic E-state index is 14.8. The van der Waals surface area contributed by atoms with Crippen LogP contribution >= 0.6 is 0 Å². The third kappa shape index (κ3) is 3.14. The van der Waals surface area contributed by atoms with Crippen molar-refractivity contribution in [2.45, 2.75) is 31.8 Å². The number of piperidine rings is 2. The van der Waals surface area contributed by atoms with Gasteiger partial charge in [-0.05, 0) is 56.2 Å². The molecule has 3 saturated heterocycles. The lowest BCUT2D eigenvalue weighted by Gasteiger charge is -2.46. The smallest absolute Gasteiger partial charge is 0.167 e. The Balaban J connectivity index is 1.57. The van der Waals surface area contributed by atoms with Gasteiger partial charge >= 0.3 is 0 Å². The van der Waals surface area contributed by atoms with E-state index in [1.807, 2.05) is 35.8 Å². The molecule has 32 heavy (non-hydrogen) atoms. The second-order valence-corrected chi connectivity index (χ2v) is 8.55. The summed E-state index contributed by atoms with van der Waals surface area (Å²) in [4.78, 5) is 16.3. The highest BCUT2D eigenvalue weighted by Gasteiger charge is 2.34. The molecule has 2 atom stereocenters. The van der Waals surface area contributed by atoms with Gasteiger partial charge in [0.15, 0.2) is 5.65 Å². The summed E-state index contributed by atoms with van der Waals surface area (Å²) in [5, 5.41) is 3.57. The topological polar surface area (TPSA) is 58.9 Å². The molecule has 3 aromatic heterocycles. The number of hydrogen-bond donors (Lipinski definition) is 1. The van der Waals surface area contributed by atoms with Gasteiger partial charge in [-0.1, -0.05) is 0 Å². The highest BCUT2D eigenvalue weighted by atomic mass is 19.1. The zero-order valence-electron chi connectivity index (χ0n) is 17.6. The molecular formula is C24H22F2N6. The number of imidazole rings is 1. The van der Waals surface area contributed by atoms with Gasteiger partial charge in [0.25, 0.3) is 0 Å². The van der Waals surface area contributed by atoms with Crippen LogP contribution in [-0.4, -0.2) is 44.7 Å². The van der Waals surface area contributed by atoms with Crippen molar-refractivity contribution in [3.05, 3.63) is 66.0 Å². The minimum absolute atomic E-state index is 0.224. The summed E-state index contributed by atoms with van der Waals surface area (Å²) in [6.07, 6.45) is 4.04. The van der Waals surface area contributed by atoms with Crippen LogP contribution in [0.5, 0.6) is 0 Å². The number of fused-ring (bicyclic) bond motifs is 4. The van der Waals surface area contributed by atoms with E-state index in [0.29, 0.717) is 29.1 Å². The first-order valence-electron chi connectivity index (χ1n) is 10.8. The largest absolute Gasteiger partial charge is 0.351 e. The Bertz CT molecular complexity index is 1330. The molecule has 4 aromatic rings. The fourth-order valence-electron chi connectivity index (χ4n) is 4.86. The van der Waals surface area contributed by atoms with Crippen LogP contribution in [0.1, 0.15) is 18.5 Å². The van der Waals surface area contributed by atoms with Crippen molar-refractivity contribution >= 4 is 17.0 Å². The van der Waals surface area contributed by atoms with Crippen molar-refractivity contribution in [1.29, 1.82) is 0 Å². The first-order chi connectivity index (χ1) is 15.6. The Morgan fingerprint density at radius 3 is 2.66 bits per heavy atom. The molecule has 8 heteroatoms. The number of halogens is 2. The van der Waals surface area contributed by atoms with Crippen molar-refractivity contribution in [3.63, 3.8) is 0 Å². The molecular weight excluding hydrogens is 410 g/mol. The van der Waals surface area contributed by atoms with Crippen LogP contribution in [0.25, 0.3) is 28.2 Å². The fourth-order valence-corrected chi connectivity index (χ4v) is 4.86. The third-order valence-corrected chi connectivity index (χ3v) is 6.44. The molecule has 6 heterocycles. The number of nitrogens with one attached hydrogen (secondary N) is 1. The number of rotatable bonds is 3. The summed E-state index contributed by atoms with van der Waals surface area (Å²) in [7, 11) is 0. The van der Waals surface area contributed by atoms with E-state index in [0.717, 1.165) is 42.8 Å². The van der Waals surface area contributed by atoms with Gasteiger partial charge in [0.1, 0.15) is 28.8 Å². The van der Waals surface area contributed by atoms with Gasteiger partial charge in [0, 0.05) is 43.1 Å². The van der Waals surface area contributed by atoms with Crippen LogP contribution in [0.15, 0.2) is 48.7 Å². The summed E-state index contributed by atoms with van der Waals surface area (Å²) < 4.78 is 30.2. The molecule has 3 aliphatic heterocycles. The van der Waals surface area contributed by atoms with Gasteiger partial charge in [-0.3, -0.25) is 9.55 Å². The molecule has 1 aromatic carbocycles. The van der Waals surface area contributed by atoms with Gasteiger partial charge in [-0.15, -0.1) is 0 Å². The number of pyridine rings is 2. The van der Waals surface area contributed by atoms with Crippen molar-refractivity contribution in [1.82, 2.24) is 24.8 Å². The first-order valence-corrected chi connectivity index (χ1v) is 10.8. The first kappa shape index (κ1) is 19.3. The van der Waals surface area contributed by atoms with Crippen molar-refractivity contribution in [3.8, 4) is 17.1 Å². The van der Waals surface area contributed by atoms with E-state index in [1.54, 1.807) is 6.20 Å². The van der Waals surface area contributed by atoms with E-state index in [2.05, 4.69) is 15.2 Å². The Morgan fingerprint density at radius 2 is 1.94 bits per heavy atom. The number of hydrogen-bond acceptors (Lipinski definition) is 5. The quantitative estimate of drug-likeness (QED) is 0.530. The van der Waals surface area contributed by atoms with Crippen molar-refractivity contribution in [2.75, 3.05) is 18.0 Å². The van der Waals surface area contributed by atoms with E-state index in [-0.39, 0.29) is 5.56 Å². The minimum Gasteiger partial charge on any atom is -0.351 e. The number of benzene rings is 1. The van der Waals surface area contributed by atoms with Crippen LogP contribution in [0.4, 0.5) is 14.6 Å². The predicted octanol–water partition coefficient (Wildman–Crippen LogP) is 4.01. The summed E-state index contributed by atoms with van der Waals surface area (Å²) in [6, 6.07) is 12.1. The molecule has 3 aliphatic rings. The molecule has 1 N–H and O–H groups in total. The molecule has 0 spiro atoms. The summed E-state index contributed by atoms with van der Waals surface area (Å²) in [5.74, 6) is -0.00357. The van der Waals surface area contributed by atoms with Crippen LogP contribution in [0.2, 0.25) is 0 Å². The maximum Gasteiger partial charge on any atom is 0.167 e. The number of anilines is 1. The lowest BCUT2D eigenvalue weighted by atomic mass is 9.93. The van der Waals surface area contributed by atoms with E-state index >= 15 is 0 Å². The van der Waals surface area contributed by atoms with Crippen molar-refractivity contribution < 1.29 is 8.78 Å². The average Bonchev–Trinajstić information content (AvgIpc) is 3.18. The molecule has 0 saturated carbocycles. The van der Waals surface area contributed by atoms with Crippen LogP contribution in [0, 0.1) is 18.6 Å². The monoisotopic (exact) mass is 432 g/mol. The van der Waals surface area contributed by atoms with Gasteiger partial charge in [-0.25, -0.2) is 18.7 Å². The number of aryl methyl sites for hydroxylation is 1. The Hall–Kier alpha value is -3.39. The second-order valence-electron chi connectivity index (χ2n) is 8.55. The second kappa shape index (κ2) is 7.34. The average molecular weight is 432 g/mol. The highest BCUT2D eigenvalue weighted by Crippen LogP contribution is 2.33. The lowest BCUT2D eigenvalue weighted by molar-refractivity contribution is 0.289. The van der Waals surface area contributed by atoms with E-state index < -0.39 is 11.6 Å². The van der Waals surface area contributed by atoms with Gasteiger partial charge in [0.2, 0.25) is 0 Å². The van der Waals surface area contributed by atoms with Crippen molar-refractivity contribution in [2.24, 2.45) is 0 Å². The standard InChI is InChI=1S/C24H22F2N6/c1-14-10-17(8-9-27-14)32-23(19-5-2-15(25)11-20(19)26)29-21-6-7-22(30-24(21)32)31-13-16-3-4-18(31)12-28-16/h2,5-11,16,18,28H,3-4,12-13H2,1H3. The fraction of sp³-hybridized carbons (Fsp3) is 0.292. The number of aromatic nitrogens is 4. The lowest BCUT2D eigenvalue weighted by Crippen LogP contribution is -2.61. The van der Waals surface area contributed by atoms with E-state index in [4.69, 9.17) is 9.97 Å². The Morgan fingerprint density at radius 1 is 1.03 bits per heavy atom. The molecule has 0 radical (unpaired) electrons. The molecule has 6 nitrogen and oxygen atoms in total. The molecule has 3 fully saturated rings. The van der Waals surface area contributed by atoms with Gasteiger partial charge in [-0.2, -0.15) is 0 Å². The third-order valence-electron chi connectivity index (χ3n) is 6.44. The normalized spacial score (nSPS) is 20.3. The molecule has 2 unspecified atom stereocenters. The zero-order chi connectivity index (χ0) is 21.8. The van der Waals surface area contributed by atoms with Crippen LogP contribution in [0.3, 0.4) is 0 Å². The minimum atomic E-state index is -0.660.